The average Bonchev–Trinajstić information content (AvgIpc) is 2.96. The third kappa shape index (κ3) is 6.12. The maximum atomic E-state index is 14.1. The standard InChI is InChI=1S/C33H38N2O6/c1-6-20-12-8-10-14-24(20)34-31(37)29-26(36)19-33(3,39)30(32(38)35-25-15-11-9-13-21(25)7-2)28(29)23-18-22(40-4)16-17-27(23)41-5/h8-18,28-30,39H,6-7,19H2,1-5H3,(H,34,37)(H,35,38). The molecular weight excluding hydrogens is 520 g/mol. The minimum atomic E-state index is -1.75. The summed E-state index contributed by atoms with van der Waals surface area (Å²) in [5.74, 6) is -4.18. The summed E-state index contributed by atoms with van der Waals surface area (Å²) in [4.78, 5) is 41.9. The average molecular weight is 559 g/mol. The van der Waals surface area contributed by atoms with Gasteiger partial charge in [0.05, 0.1) is 25.7 Å². The van der Waals surface area contributed by atoms with E-state index in [-0.39, 0.29) is 6.42 Å². The molecule has 0 bridgehead atoms. The van der Waals surface area contributed by atoms with Crippen molar-refractivity contribution in [2.24, 2.45) is 11.8 Å². The topological polar surface area (TPSA) is 114 Å². The first kappa shape index (κ1) is 29.8. The van der Waals surface area contributed by atoms with Crippen molar-refractivity contribution in [1.29, 1.82) is 0 Å². The summed E-state index contributed by atoms with van der Waals surface area (Å²) in [6.45, 7) is 5.44. The second kappa shape index (κ2) is 12.6. The van der Waals surface area contributed by atoms with Crippen molar-refractivity contribution in [1.82, 2.24) is 0 Å². The number of ether oxygens (including phenoxy) is 2. The number of benzene rings is 3. The molecule has 41 heavy (non-hydrogen) atoms. The zero-order chi connectivity index (χ0) is 29.7. The minimum absolute atomic E-state index is 0.364. The van der Waals surface area contributed by atoms with Crippen LogP contribution in [-0.4, -0.2) is 42.5 Å². The Morgan fingerprint density at radius 2 is 1.44 bits per heavy atom. The Balaban J connectivity index is 1.87. The van der Waals surface area contributed by atoms with Crippen LogP contribution in [0.1, 0.15) is 49.8 Å². The predicted octanol–water partition coefficient (Wildman–Crippen LogP) is 5.15. The molecule has 0 aromatic heterocycles. The first-order valence-corrected chi connectivity index (χ1v) is 13.9. The number of methoxy groups -OCH3 is 2. The molecule has 3 aromatic carbocycles. The van der Waals surface area contributed by atoms with Gasteiger partial charge >= 0.3 is 0 Å². The Morgan fingerprint density at radius 3 is 1.98 bits per heavy atom. The molecule has 1 fully saturated rings. The van der Waals surface area contributed by atoms with Gasteiger partial charge in [0, 0.05) is 29.3 Å². The number of nitrogens with one attached hydrogen (secondary N) is 2. The van der Waals surface area contributed by atoms with Crippen LogP contribution in [0.4, 0.5) is 11.4 Å². The fourth-order valence-corrected chi connectivity index (χ4v) is 5.89. The van der Waals surface area contributed by atoms with Gasteiger partial charge in [-0.2, -0.15) is 0 Å². The van der Waals surface area contributed by atoms with Crippen molar-refractivity contribution in [3.8, 4) is 11.5 Å². The Hall–Kier alpha value is -4.17. The number of para-hydroxylation sites is 2. The molecule has 0 radical (unpaired) electrons. The van der Waals surface area contributed by atoms with E-state index >= 15 is 0 Å². The smallest absolute Gasteiger partial charge is 0.235 e. The monoisotopic (exact) mass is 558 g/mol. The first-order valence-electron chi connectivity index (χ1n) is 13.9. The lowest BCUT2D eigenvalue weighted by molar-refractivity contribution is -0.150. The molecule has 4 rings (SSSR count). The number of Topliss-reactive ketones (excluding diaryl/α,β-unsaturated/α-hetero) is 1. The Kier molecular flexibility index (Phi) is 9.13. The zero-order valence-corrected chi connectivity index (χ0v) is 24.2. The van der Waals surface area contributed by atoms with Crippen LogP contribution in [0.2, 0.25) is 0 Å². The molecule has 0 spiro atoms. The van der Waals surface area contributed by atoms with Gasteiger partial charge in [0.1, 0.15) is 23.2 Å². The van der Waals surface area contributed by atoms with Crippen LogP contribution < -0.4 is 20.1 Å². The molecule has 2 amide bonds. The van der Waals surface area contributed by atoms with Crippen molar-refractivity contribution in [3.05, 3.63) is 83.4 Å². The van der Waals surface area contributed by atoms with E-state index in [9.17, 15) is 19.5 Å². The van der Waals surface area contributed by atoms with Gasteiger partial charge in [-0.25, -0.2) is 0 Å². The molecule has 3 aromatic rings. The van der Waals surface area contributed by atoms with Crippen molar-refractivity contribution in [2.45, 2.75) is 51.6 Å². The summed E-state index contributed by atoms with van der Waals surface area (Å²) in [7, 11) is 2.98. The summed E-state index contributed by atoms with van der Waals surface area (Å²) in [5.41, 5.74) is 1.72. The predicted molar refractivity (Wildman–Crippen MR) is 158 cm³/mol. The third-order valence-corrected chi connectivity index (χ3v) is 7.94. The number of aliphatic hydroxyl groups is 1. The van der Waals surface area contributed by atoms with Gasteiger partial charge in [-0.1, -0.05) is 50.2 Å². The fourth-order valence-electron chi connectivity index (χ4n) is 5.89. The summed E-state index contributed by atoms with van der Waals surface area (Å²) in [5, 5.41) is 17.6. The number of ketones is 1. The maximum absolute atomic E-state index is 14.1. The highest BCUT2D eigenvalue weighted by Crippen LogP contribution is 2.49. The molecule has 216 valence electrons. The number of hydrogen-bond acceptors (Lipinski definition) is 6. The van der Waals surface area contributed by atoms with Gasteiger partial charge < -0.3 is 25.2 Å². The van der Waals surface area contributed by atoms with E-state index in [2.05, 4.69) is 10.6 Å². The van der Waals surface area contributed by atoms with E-state index in [0.717, 1.165) is 11.1 Å². The fraction of sp³-hybridized carbons (Fsp3) is 0.364. The number of hydrogen-bond donors (Lipinski definition) is 3. The van der Waals surface area contributed by atoms with E-state index in [4.69, 9.17) is 9.47 Å². The van der Waals surface area contributed by atoms with Crippen LogP contribution in [0.15, 0.2) is 66.7 Å². The maximum Gasteiger partial charge on any atom is 0.235 e. The Labute approximate surface area is 241 Å². The largest absolute Gasteiger partial charge is 0.497 e. The van der Waals surface area contributed by atoms with Crippen molar-refractivity contribution in [3.63, 3.8) is 0 Å². The van der Waals surface area contributed by atoms with Gasteiger partial charge in [-0.3, -0.25) is 14.4 Å². The molecule has 1 aliphatic carbocycles. The minimum Gasteiger partial charge on any atom is -0.497 e. The number of amides is 2. The molecule has 8 heteroatoms. The zero-order valence-electron chi connectivity index (χ0n) is 24.2. The third-order valence-electron chi connectivity index (χ3n) is 7.94. The van der Waals surface area contributed by atoms with E-state index in [0.29, 0.717) is 41.3 Å². The molecule has 4 atom stereocenters. The molecule has 4 unspecified atom stereocenters. The van der Waals surface area contributed by atoms with E-state index in [1.54, 1.807) is 30.3 Å². The van der Waals surface area contributed by atoms with Crippen LogP contribution in [-0.2, 0) is 27.2 Å². The number of carbonyl (C=O) groups is 3. The number of anilines is 2. The molecule has 0 aliphatic heterocycles. The molecule has 8 nitrogen and oxygen atoms in total. The molecule has 3 N–H and O–H groups in total. The van der Waals surface area contributed by atoms with Gasteiger partial charge in [-0.15, -0.1) is 0 Å². The van der Waals surface area contributed by atoms with Crippen LogP contribution in [0.5, 0.6) is 11.5 Å². The van der Waals surface area contributed by atoms with Crippen molar-refractivity contribution < 1.29 is 29.0 Å². The summed E-state index contributed by atoms with van der Waals surface area (Å²) >= 11 is 0. The lowest BCUT2D eigenvalue weighted by Gasteiger charge is -2.44. The van der Waals surface area contributed by atoms with Crippen molar-refractivity contribution >= 4 is 29.0 Å². The van der Waals surface area contributed by atoms with Crippen molar-refractivity contribution in [2.75, 3.05) is 24.9 Å². The Morgan fingerprint density at radius 1 is 0.878 bits per heavy atom. The quantitative estimate of drug-likeness (QED) is 0.313. The SMILES string of the molecule is CCc1ccccc1NC(=O)C1C(=O)CC(C)(O)C(C(=O)Nc2ccccc2CC)C1c1cc(OC)ccc1OC. The second-order valence-electron chi connectivity index (χ2n) is 10.6. The summed E-state index contributed by atoms with van der Waals surface area (Å²) < 4.78 is 11.1. The van der Waals surface area contributed by atoms with Crippen LogP contribution >= 0.6 is 0 Å². The lowest BCUT2D eigenvalue weighted by Crippen LogP contribution is -2.56. The highest BCUT2D eigenvalue weighted by molar-refractivity contribution is 6.11. The van der Waals surface area contributed by atoms with Gasteiger partial charge in [0.15, 0.2) is 0 Å². The van der Waals surface area contributed by atoms with Crippen LogP contribution in [0, 0.1) is 11.8 Å². The van der Waals surface area contributed by atoms with Crippen LogP contribution in [0.3, 0.4) is 0 Å². The number of aryl methyl sites for hydroxylation is 2. The molecule has 1 aliphatic rings. The van der Waals surface area contributed by atoms with Gasteiger partial charge in [0.25, 0.3) is 0 Å². The van der Waals surface area contributed by atoms with E-state index < -0.39 is 41.0 Å². The van der Waals surface area contributed by atoms with E-state index in [1.165, 1.54) is 21.1 Å². The molecular formula is C33H38N2O6. The molecule has 0 saturated heterocycles. The van der Waals surface area contributed by atoms with Gasteiger partial charge in [-0.05, 0) is 61.2 Å². The summed E-state index contributed by atoms with van der Waals surface area (Å²) in [6, 6.07) is 19.9. The van der Waals surface area contributed by atoms with Gasteiger partial charge in [0.2, 0.25) is 11.8 Å². The highest BCUT2D eigenvalue weighted by Gasteiger charge is 2.56. The molecule has 0 heterocycles. The number of rotatable bonds is 9. The summed E-state index contributed by atoms with van der Waals surface area (Å²) in [6.07, 6.45) is 1.00. The molecule has 1 saturated carbocycles. The van der Waals surface area contributed by atoms with Crippen LogP contribution in [0.25, 0.3) is 0 Å². The normalized spacial score (nSPS) is 22.1. The highest BCUT2D eigenvalue weighted by atomic mass is 16.5. The second-order valence-corrected chi connectivity index (χ2v) is 10.6. The Bertz CT molecular complexity index is 1430. The van der Waals surface area contributed by atoms with E-state index in [1.807, 2.05) is 50.2 Å². The number of carbonyl (C=O) groups excluding carboxylic acids is 3. The lowest BCUT2D eigenvalue weighted by atomic mass is 9.61. The first-order chi connectivity index (χ1) is 19.6.